The summed E-state index contributed by atoms with van der Waals surface area (Å²) in [5.41, 5.74) is 0. The molecule has 0 atom stereocenters. The summed E-state index contributed by atoms with van der Waals surface area (Å²) in [5.74, 6) is 0.970. The number of ether oxygens (including phenoxy) is 1. The van der Waals surface area contributed by atoms with Crippen LogP contribution in [0.5, 0.6) is 0 Å². The molecule has 1 aliphatic rings. The Bertz CT molecular complexity index is 116. The topological polar surface area (TPSA) is 26.3 Å². The SMILES string of the molecule is CCOCC(=O)CC1CC1. The summed E-state index contributed by atoms with van der Waals surface area (Å²) in [5, 5.41) is 0. The predicted octanol–water partition coefficient (Wildman–Crippen LogP) is 1.39. The highest BCUT2D eigenvalue weighted by atomic mass is 16.5. The number of ketones is 1. The van der Waals surface area contributed by atoms with E-state index < -0.39 is 0 Å². The second-order valence-electron chi connectivity index (χ2n) is 2.82. The van der Waals surface area contributed by atoms with Gasteiger partial charge in [0.15, 0.2) is 5.78 Å². The fourth-order valence-corrected chi connectivity index (χ4v) is 0.919. The highest BCUT2D eigenvalue weighted by molar-refractivity contribution is 5.80. The highest BCUT2D eigenvalue weighted by Gasteiger charge is 2.23. The third-order valence-electron chi connectivity index (χ3n) is 1.68. The standard InChI is InChI=1S/C8H14O2/c1-2-10-6-8(9)5-7-3-4-7/h7H,2-6H2,1H3. The number of carbonyl (C=O) groups is 1. The minimum absolute atomic E-state index is 0.268. The molecule has 1 rings (SSSR count). The van der Waals surface area contributed by atoms with Crippen LogP contribution in [0.15, 0.2) is 0 Å². The van der Waals surface area contributed by atoms with E-state index in [4.69, 9.17) is 4.74 Å². The zero-order valence-electron chi connectivity index (χ0n) is 6.43. The van der Waals surface area contributed by atoms with E-state index in [2.05, 4.69) is 0 Å². The third-order valence-corrected chi connectivity index (χ3v) is 1.68. The van der Waals surface area contributed by atoms with Gasteiger partial charge in [0.1, 0.15) is 6.61 Å². The van der Waals surface area contributed by atoms with Gasteiger partial charge in [0, 0.05) is 13.0 Å². The largest absolute Gasteiger partial charge is 0.374 e. The average Bonchev–Trinajstić information content (AvgIpc) is 2.67. The maximum atomic E-state index is 10.9. The Morgan fingerprint density at radius 1 is 1.60 bits per heavy atom. The lowest BCUT2D eigenvalue weighted by Gasteiger charge is -1.97. The number of hydrogen-bond acceptors (Lipinski definition) is 2. The molecule has 1 saturated carbocycles. The molecule has 0 N–H and O–H groups in total. The van der Waals surface area contributed by atoms with Crippen LogP contribution in [0, 0.1) is 5.92 Å². The first-order valence-corrected chi connectivity index (χ1v) is 3.92. The van der Waals surface area contributed by atoms with Crippen molar-refractivity contribution in [3.63, 3.8) is 0 Å². The van der Waals surface area contributed by atoms with Gasteiger partial charge in [0.25, 0.3) is 0 Å². The molecule has 0 spiro atoms. The molecule has 0 saturated heterocycles. The first-order valence-electron chi connectivity index (χ1n) is 3.92. The van der Waals surface area contributed by atoms with Crippen molar-refractivity contribution in [2.45, 2.75) is 26.2 Å². The molecule has 2 heteroatoms. The van der Waals surface area contributed by atoms with Gasteiger partial charge in [-0.3, -0.25) is 4.79 Å². The molecule has 2 nitrogen and oxygen atoms in total. The Kier molecular flexibility index (Phi) is 2.87. The van der Waals surface area contributed by atoms with E-state index in [1.165, 1.54) is 12.8 Å². The van der Waals surface area contributed by atoms with Crippen molar-refractivity contribution >= 4 is 5.78 Å². The molecule has 0 bridgehead atoms. The van der Waals surface area contributed by atoms with Gasteiger partial charge in [0.05, 0.1) is 0 Å². The second kappa shape index (κ2) is 3.71. The molecule has 10 heavy (non-hydrogen) atoms. The molecule has 0 amide bonds. The summed E-state index contributed by atoms with van der Waals surface area (Å²) in [7, 11) is 0. The lowest BCUT2D eigenvalue weighted by atomic mass is 10.2. The first-order chi connectivity index (χ1) is 4.83. The van der Waals surface area contributed by atoms with E-state index in [-0.39, 0.29) is 5.78 Å². The van der Waals surface area contributed by atoms with Crippen LogP contribution in [0.4, 0.5) is 0 Å². The number of rotatable bonds is 5. The Balaban J connectivity index is 1.97. The normalized spacial score (nSPS) is 17.3. The molecule has 0 heterocycles. The Morgan fingerprint density at radius 3 is 2.80 bits per heavy atom. The monoisotopic (exact) mass is 142 g/mol. The van der Waals surface area contributed by atoms with Crippen molar-refractivity contribution in [1.29, 1.82) is 0 Å². The van der Waals surface area contributed by atoms with Gasteiger partial charge < -0.3 is 4.74 Å². The van der Waals surface area contributed by atoms with Gasteiger partial charge in [-0.15, -0.1) is 0 Å². The molecular weight excluding hydrogens is 128 g/mol. The molecule has 1 aliphatic carbocycles. The third kappa shape index (κ3) is 2.97. The van der Waals surface area contributed by atoms with Crippen LogP contribution in [-0.4, -0.2) is 19.0 Å². The molecule has 1 fully saturated rings. The summed E-state index contributed by atoms with van der Waals surface area (Å²) >= 11 is 0. The second-order valence-corrected chi connectivity index (χ2v) is 2.82. The van der Waals surface area contributed by atoms with Crippen molar-refractivity contribution < 1.29 is 9.53 Å². The molecule has 0 aromatic rings. The fraction of sp³-hybridized carbons (Fsp3) is 0.875. The van der Waals surface area contributed by atoms with Crippen molar-refractivity contribution in [2.75, 3.05) is 13.2 Å². The lowest BCUT2D eigenvalue weighted by molar-refractivity contribution is -0.123. The van der Waals surface area contributed by atoms with Crippen molar-refractivity contribution in [3.05, 3.63) is 0 Å². The van der Waals surface area contributed by atoms with Crippen molar-refractivity contribution in [3.8, 4) is 0 Å². The van der Waals surface area contributed by atoms with Crippen LogP contribution < -0.4 is 0 Å². The van der Waals surface area contributed by atoms with Crippen LogP contribution in [0.25, 0.3) is 0 Å². The molecule has 0 aliphatic heterocycles. The van der Waals surface area contributed by atoms with Crippen LogP contribution in [0.1, 0.15) is 26.2 Å². The zero-order chi connectivity index (χ0) is 7.40. The van der Waals surface area contributed by atoms with Crippen LogP contribution in [-0.2, 0) is 9.53 Å². The smallest absolute Gasteiger partial charge is 0.158 e. The summed E-state index contributed by atoms with van der Waals surface area (Å²) < 4.78 is 4.97. The Hall–Kier alpha value is -0.370. The van der Waals surface area contributed by atoms with E-state index >= 15 is 0 Å². The van der Waals surface area contributed by atoms with E-state index in [0.717, 1.165) is 6.42 Å². The minimum Gasteiger partial charge on any atom is -0.374 e. The van der Waals surface area contributed by atoms with Gasteiger partial charge in [-0.05, 0) is 25.7 Å². The minimum atomic E-state index is 0.268. The maximum Gasteiger partial charge on any atom is 0.158 e. The summed E-state index contributed by atoms with van der Waals surface area (Å²) in [6, 6.07) is 0. The van der Waals surface area contributed by atoms with Crippen LogP contribution in [0.2, 0.25) is 0 Å². The lowest BCUT2D eigenvalue weighted by Crippen LogP contribution is -2.08. The van der Waals surface area contributed by atoms with Gasteiger partial charge in [0.2, 0.25) is 0 Å². The van der Waals surface area contributed by atoms with Gasteiger partial charge >= 0.3 is 0 Å². The summed E-state index contributed by atoms with van der Waals surface area (Å²) in [6.45, 7) is 2.88. The van der Waals surface area contributed by atoms with Crippen LogP contribution in [0.3, 0.4) is 0 Å². The maximum absolute atomic E-state index is 10.9. The van der Waals surface area contributed by atoms with Gasteiger partial charge in [-0.1, -0.05) is 0 Å². The van der Waals surface area contributed by atoms with Gasteiger partial charge in [-0.2, -0.15) is 0 Å². The average molecular weight is 142 g/mol. The van der Waals surface area contributed by atoms with E-state index in [0.29, 0.717) is 19.1 Å². The molecule has 0 unspecified atom stereocenters. The summed E-state index contributed by atoms with van der Waals surface area (Å²) in [6.07, 6.45) is 3.25. The van der Waals surface area contributed by atoms with E-state index in [1.807, 2.05) is 6.92 Å². The highest BCUT2D eigenvalue weighted by Crippen LogP contribution is 2.32. The van der Waals surface area contributed by atoms with E-state index in [1.54, 1.807) is 0 Å². The number of hydrogen-bond donors (Lipinski definition) is 0. The zero-order valence-corrected chi connectivity index (χ0v) is 6.43. The summed E-state index contributed by atoms with van der Waals surface area (Å²) in [4.78, 5) is 10.9. The Labute approximate surface area is 61.6 Å². The quantitative estimate of drug-likeness (QED) is 0.580. The predicted molar refractivity (Wildman–Crippen MR) is 38.8 cm³/mol. The van der Waals surface area contributed by atoms with E-state index in [9.17, 15) is 4.79 Å². The Morgan fingerprint density at radius 2 is 2.30 bits per heavy atom. The van der Waals surface area contributed by atoms with Crippen LogP contribution >= 0.6 is 0 Å². The molecule has 58 valence electrons. The number of Topliss-reactive ketones (excluding diaryl/α,β-unsaturated/α-hetero) is 1. The molecule has 0 radical (unpaired) electrons. The molecular formula is C8H14O2. The van der Waals surface area contributed by atoms with Crippen molar-refractivity contribution in [1.82, 2.24) is 0 Å². The molecule has 0 aromatic carbocycles. The first kappa shape index (κ1) is 7.73. The van der Waals surface area contributed by atoms with Gasteiger partial charge in [-0.25, -0.2) is 0 Å². The van der Waals surface area contributed by atoms with Crippen molar-refractivity contribution in [2.24, 2.45) is 5.92 Å². The number of carbonyl (C=O) groups excluding carboxylic acids is 1. The molecule has 0 aromatic heterocycles. The fourth-order valence-electron chi connectivity index (χ4n) is 0.919.